The van der Waals surface area contributed by atoms with Crippen LogP contribution in [-0.2, 0) is 6.54 Å². The van der Waals surface area contributed by atoms with Gasteiger partial charge in [-0.05, 0) is 25.0 Å². The Morgan fingerprint density at radius 2 is 2.33 bits per heavy atom. The quantitative estimate of drug-likeness (QED) is 0.643. The van der Waals surface area contributed by atoms with Crippen molar-refractivity contribution in [2.24, 2.45) is 0 Å². The van der Waals surface area contributed by atoms with Crippen molar-refractivity contribution in [3.8, 4) is 0 Å². The molecule has 3 rings (SSSR count). The van der Waals surface area contributed by atoms with E-state index in [9.17, 15) is 10.1 Å². The summed E-state index contributed by atoms with van der Waals surface area (Å²) >= 11 is 5.88. The number of hydrogen-bond donors (Lipinski definition) is 0. The standard InChI is InChI=1S/C14H15ClN4O2/c15-11-3-4-13(14(8-11)19(20)21)18-6-1-2-12(18)9-17-7-5-16-10-17/h3-5,7-8,10,12H,1-2,6,9H2/t12-/m0/s1. The molecule has 1 aliphatic heterocycles. The van der Waals surface area contributed by atoms with Crippen molar-refractivity contribution in [2.75, 3.05) is 11.4 Å². The van der Waals surface area contributed by atoms with E-state index >= 15 is 0 Å². The Labute approximate surface area is 127 Å². The average Bonchev–Trinajstić information content (AvgIpc) is 3.11. The van der Waals surface area contributed by atoms with Crippen molar-refractivity contribution in [1.29, 1.82) is 0 Å². The lowest BCUT2D eigenvalue weighted by atomic mass is 10.2. The number of imidazole rings is 1. The fourth-order valence-corrected chi connectivity index (χ4v) is 3.03. The van der Waals surface area contributed by atoms with Gasteiger partial charge in [0, 0.05) is 42.6 Å². The van der Waals surface area contributed by atoms with Crippen LogP contribution in [-0.4, -0.2) is 27.1 Å². The molecule has 2 aromatic rings. The van der Waals surface area contributed by atoms with Gasteiger partial charge in [0.25, 0.3) is 5.69 Å². The molecule has 7 heteroatoms. The lowest BCUT2D eigenvalue weighted by molar-refractivity contribution is -0.384. The first-order chi connectivity index (χ1) is 10.1. The number of aromatic nitrogens is 2. The molecule has 6 nitrogen and oxygen atoms in total. The highest BCUT2D eigenvalue weighted by Crippen LogP contribution is 2.35. The van der Waals surface area contributed by atoms with Crippen LogP contribution < -0.4 is 4.90 Å². The first-order valence-corrected chi connectivity index (χ1v) is 7.19. The molecule has 0 bridgehead atoms. The van der Waals surface area contributed by atoms with Crippen molar-refractivity contribution >= 4 is 23.0 Å². The summed E-state index contributed by atoms with van der Waals surface area (Å²) in [4.78, 5) is 17.0. The number of nitro groups is 1. The van der Waals surface area contributed by atoms with Crippen molar-refractivity contribution < 1.29 is 4.92 Å². The van der Waals surface area contributed by atoms with E-state index in [1.54, 1.807) is 24.7 Å². The minimum Gasteiger partial charge on any atom is -0.361 e. The molecule has 0 spiro atoms. The number of benzene rings is 1. The van der Waals surface area contributed by atoms with Crippen LogP contribution in [0.2, 0.25) is 5.02 Å². The van der Waals surface area contributed by atoms with Crippen LogP contribution in [0.4, 0.5) is 11.4 Å². The Kier molecular flexibility index (Phi) is 3.79. The number of nitro benzene ring substituents is 1. The fourth-order valence-electron chi connectivity index (χ4n) is 2.87. The molecule has 1 aromatic carbocycles. The first-order valence-electron chi connectivity index (χ1n) is 6.81. The summed E-state index contributed by atoms with van der Waals surface area (Å²) < 4.78 is 2.00. The molecule has 21 heavy (non-hydrogen) atoms. The molecule has 1 aliphatic rings. The zero-order chi connectivity index (χ0) is 14.8. The summed E-state index contributed by atoms with van der Waals surface area (Å²) in [5.74, 6) is 0. The maximum Gasteiger partial charge on any atom is 0.294 e. The van der Waals surface area contributed by atoms with Crippen LogP contribution in [0.15, 0.2) is 36.9 Å². The van der Waals surface area contributed by atoms with Crippen LogP contribution in [0.1, 0.15) is 12.8 Å². The second-order valence-corrected chi connectivity index (χ2v) is 5.58. The van der Waals surface area contributed by atoms with E-state index in [4.69, 9.17) is 11.6 Å². The predicted molar refractivity (Wildman–Crippen MR) is 80.7 cm³/mol. The average molecular weight is 307 g/mol. The Bertz CT molecular complexity index is 644. The van der Waals surface area contributed by atoms with E-state index in [2.05, 4.69) is 9.88 Å². The van der Waals surface area contributed by atoms with Gasteiger partial charge < -0.3 is 9.47 Å². The minimum atomic E-state index is -0.367. The number of nitrogens with zero attached hydrogens (tertiary/aromatic N) is 4. The third-order valence-electron chi connectivity index (χ3n) is 3.80. The lowest BCUT2D eigenvalue weighted by Gasteiger charge is -2.26. The molecule has 0 amide bonds. The number of halogens is 1. The number of hydrogen-bond acceptors (Lipinski definition) is 4. The number of anilines is 1. The molecule has 1 aromatic heterocycles. The Morgan fingerprint density at radius 1 is 1.48 bits per heavy atom. The molecule has 1 atom stereocenters. The number of rotatable bonds is 4. The van der Waals surface area contributed by atoms with Gasteiger partial charge in [-0.2, -0.15) is 0 Å². The molecule has 0 saturated carbocycles. The molecule has 110 valence electrons. The second-order valence-electron chi connectivity index (χ2n) is 5.14. The van der Waals surface area contributed by atoms with Gasteiger partial charge in [-0.3, -0.25) is 10.1 Å². The maximum atomic E-state index is 11.3. The Balaban J connectivity index is 1.90. The summed E-state index contributed by atoms with van der Waals surface area (Å²) in [6.45, 7) is 1.60. The van der Waals surface area contributed by atoms with Gasteiger partial charge in [-0.25, -0.2) is 4.98 Å². The van der Waals surface area contributed by atoms with E-state index < -0.39 is 0 Å². The SMILES string of the molecule is O=[N+]([O-])c1cc(Cl)ccc1N1CCC[C@H]1Cn1ccnc1. The summed E-state index contributed by atoms with van der Waals surface area (Å²) in [5, 5.41) is 11.6. The van der Waals surface area contributed by atoms with Gasteiger partial charge in [0.1, 0.15) is 5.69 Å². The topological polar surface area (TPSA) is 64.2 Å². The van der Waals surface area contributed by atoms with Crippen molar-refractivity contribution in [1.82, 2.24) is 9.55 Å². The molecule has 1 saturated heterocycles. The monoisotopic (exact) mass is 306 g/mol. The van der Waals surface area contributed by atoms with Crippen molar-refractivity contribution in [2.45, 2.75) is 25.4 Å². The molecule has 0 unspecified atom stereocenters. The smallest absolute Gasteiger partial charge is 0.294 e. The van der Waals surface area contributed by atoms with Crippen LogP contribution in [0, 0.1) is 10.1 Å². The highest BCUT2D eigenvalue weighted by molar-refractivity contribution is 6.30. The molecule has 1 fully saturated rings. The molecular formula is C14H15ClN4O2. The van der Waals surface area contributed by atoms with Crippen molar-refractivity contribution in [3.63, 3.8) is 0 Å². The van der Waals surface area contributed by atoms with E-state index in [-0.39, 0.29) is 16.7 Å². The maximum absolute atomic E-state index is 11.3. The van der Waals surface area contributed by atoms with Crippen LogP contribution in [0.25, 0.3) is 0 Å². The van der Waals surface area contributed by atoms with Crippen LogP contribution in [0.5, 0.6) is 0 Å². The van der Waals surface area contributed by atoms with E-state index in [0.29, 0.717) is 10.7 Å². The highest BCUT2D eigenvalue weighted by atomic mass is 35.5. The highest BCUT2D eigenvalue weighted by Gasteiger charge is 2.30. The molecule has 0 N–H and O–H groups in total. The largest absolute Gasteiger partial charge is 0.361 e. The molecule has 0 radical (unpaired) electrons. The Hall–Kier alpha value is -2.08. The van der Waals surface area contributed by atoms with Gasteiger partial charge in [0.15, 0.2) is 0 Å². The molecular weight excluding hydrogens is 292 g/mol. The van der Waals surface area contributed by atoms with Gasteiger partial charge in [-0.15, -0.1) is 0 Å². The molecule has 2 heterocycles. The van der Waals surface area contributed by atoms with Crippen LogP contribution in [0.3, 0.4) is 0 Å². The lowest BCUT2D eigenvalue weighted by Crippen LogP contribution is -2.33. The first kappa shape index (κ1) is 13.9. The summed E-state index contributed by atoms with van der Waals surface area (Å²) in [7, 11) is 0. The summed E-state index contributed by atoms with van der Waals surface area (Å²) in [6.07, 6.45) is 7.46. The fraction of sp³-hybridized carbons (Fsp3) is 0.357. The third kappa shape index (κ3) is 2.85. The zero-order valence-electron chi connectivity index (χ0n) is 11.4. The second kappa shape index (κ2) is 5.73. The zero-order valence-corrected chi connectivity index (χ0v) is 12.1. The van der Waals surface area contributed by atoms with E-state index in [1.165, 1.54) is 6.07 Å². The van der Waals surface area contributed by atoms with Crippen molar-refractivity contribution in [3.05, 3.63) is 52.1 Å². The third-order valence-corrected chi connectivity index (χ3v) is 4.04. The van der Waals surface area contributed by atoms with Gasteiger partial charge in [-0.1, -0.05) is 11.6 Å². The van der Waals surface area contributed by atoms with E-state index in [1.807, 2.05) is 10.8 Å². The Morgan fingerprint density at radius 3 is 3.05 bits per heavy atom. The summed E-state index contributed by atoms with van der Waals surface area (Å²) in [5.41, 5.74) is 0.715. The minimum absolute atomic E-state index is 0.0695. The normalized spacial score (nSPS) is 18.1. The van der Waals surface area contributed by atoms with E-state index in [0.717, 1.165) is 25.9 Å². The van der Waals surface area contributed by atoms with Gasteiger partial charge in [0.2, 0.25) is 0 Å². The molecule has 0 aliphatic carbocycles. The summed E-state index contributed by atoms with van der Waals surface area (Å²) in [6, 6.07) is 5.10. The van der Waals surface area contributed by atoms with Gasteiger partial charge >= 0.3 is 0 Å². The van der Waals surface area contributed by atoms with Gasteiger partial charge in [0.05, 0.1) is 11.3 Å². The predicted octanol–water partition coefficient (Wildman–Crippen LogP) is 3.11. The van der Waals surface area contributed by atoms with Crippen LogP contribution >= 0.6 is 11.6 Å².